The molecule has 0 fully saturated rings. The lowest BCUT2D eigenvalue weighted by molar-refractivity contribution is -0.384. The van der Waals surface area contributed by atoms with Crippen molar-refractivity contribution in [3.63, 3.8) is 0 Å². The zero-order chi connectivity index (χ0) is 18.3. The second kappa shape index (κ2) is 5.87. The standard InChI is InChI=1S/C14H18N4O5S/c1-14(2)8-11(13(16-3)17(4)24(15,21)22)10-7-9(18(19)20)5-6-12(10)23-14/h5-8H,1-4H3,(H2,15,21,22). The third kappa shape index (κ3) is 3.39. The van der Waals surface area contributed by atoms with Gasteiger partial charge in [-0.15, -0.1) is 0 Å². The van der Waals surface area contributed by atoms with E-state index in [0.717, 1.165) is 4.31 Å². The van der Waals surface area contributed by atoms with Gasteiger partial charge in [-0.25, -0.2) is 9.44 Å². The number of nitrogens with zero attached hydrogens (tertiary/aromatic N) is 3. The van der Waals surface area contributed by atoms with Crippen LogP contribution in [0.3, 0.4) is 0 Å². The summed E-state index contributed by atoms with van der Waals surface area (Å²) in [5.74, 6) is 0.461. The van der Waals surface area contributed by atoms with Crippen molar-refractivity contribution in [1.29, 1.82) is 0 Å². The Morgan fingerprint density at radius 3 is 2.54 bits per heavy atom. The highest BCUT2D eigenvalue weighted by atomic mass is 32.2. The highest BCUT2D eigenvalue weighted by Gasteiger charge is 2.32. The van der Waals surface area contributed by atoms with Gasteiger partial charge in [0.05, 0.1) is 4.92 Å². The Labute approximate surface area is 139 Å². The summed E-state index contributed by atoms with van der Waals surface area (Å²) in [5, 5.41) is 16.2. The lowest BCUT2D eigenvalue weighted by atomic mass is 9.93. The van der Waals surface area contributed by atoms with Crippen molar-refractivity contribution in [2.75, 3.05) is 14.1 Å². The van der Waals surface area contributed by atoms with Crippen molar-refractivity contribution in [1.82, 2.24) is 4.31 Å². The van der Waals surface area contributed by atoms with E-state index < -0.39 is 20.7 Å². The van der Waals surface area contributed by atoms with E-state index in [0.29, 0.717) is 16.9 Å². The summed E-state index contributed by atoms with van der Waals surface area (Å²) in [7, 11) is -1.37. The average molecular weight is 354 g/mol. The molecule has 0 amide bonds. The molecular weight excluding hydrogens is 336 g/mol. The number of likely N-dealkylation sites (N-methyl/N-ethyl adjacent to an activating group) is 1. The topological polar surface area (TPSA) is 128 Å². The van der Waals surface area contributed by atoms with Gasteiger partial charge in [-0.2, -0.15) is 8.42 Å². The normalized spacial score (nSPS) is 16.7. The van der Waals surface area contributed by atoms with Gasteiger partial charge in [-0.3, -0.25) is 15.1 Å². The number of aliphatic imine (C=N–C) groups is 1. The Hall–Kier alpha value is -2.46. The first kappa shape index (κ1) is 17.9. The van der Waals surface area contributed by atoms with Gasteiger partial charge in [0, 0.05) is 37.4 Å². The highest BCUT2D eigenvalue weighted by molar-refractivity contribution is 7.87. The maximum atomic E-state index is 11.7. The van der Waals surface area contributed by atoms with Crippen LogP contribution in [0, 0.1) is 10.1 Å². The fraction of sp³-hybridized carbons (Fsp3) is 0.357. The average Bonchev–Trinajstić information content (AvgIpc) is 2.45. The van der Waals surface area contributed by atoms with Crippen LogP contribution in [-0.2, 0) is 10.2 Å². The number of fused-ring (bicyclic) bond motifs is 1. The van der Waals surface area contributed by atoms with E-state index in [4.69, 9.17) is 9.88 Å². The molecule has 0 radical (unpaired) electrons. The Morgan fingerprint density at radius 1 is 1.42 bits per heavy atom. The van der Waals surface area contributed by atoms with Gasteiger partial charge in [0.25, 0.3) is 15.9 Å². The first-order valence-corrected chi connectivity index (χ1v) is 8.41. The lowest BCUT2D eigenvalue weighted by Crippen LogP contribution is -2.40. The molecule has 0 aliphatic carbocycles. The predicted octanol–water partition coefficient (Wildman–Crippen LogP) is 1.31. The van der Waals surface area contributed by atoms with E-state index in [2.05, 4.69) is 4.99 Å². The summed E-state index contributed by atoms with van der Waals surface area (Å²) >= 11 is 0. The molecular formula is C14H18N4O5S. The third-order valence-corrected chi connectivity index (χ3v) is 4.40. The summed E-state index contributed by atoms with van der Waals surface area (Å²) in [6.07, 6.45) is 1.66. The van der Waals surface area contributed by atoms with Crippen LogP contribution in [0.25, 0.3) is 5.57 Å². The van der Waals surface area contributed by atoms with Crippen LogP contribution in [-0.4, -0.2) is 43.2 Å². The van der Waals surface area contributed by atoms with Gasteiger partial charge in [-0.1, -0.05) is 0 Å². The van der Waals surface area contributed by atoms with Crippen LogP contribution in [0.1, 0.15) is 19.4 Å². The number of hydrogen-bond acceptors (Lipinski definition) is 6. The van der Waals surface area contributed by atoms with Crippen molar-refractivity contribution in [2.24, 2.45) is 10.1 Å². The number of ether oxygens (including phenoxy) is 1. The number of nitro groups is 1. The van der Waals surface area contributed by atoms with Crippen molar-refractivity contribution < 1.29 is 18.1 Å². The summed E-state index contributed by atoms with van der Waals surface area (Å²) in [5.41, 5.74) is -0.131. The molecule has 0 atom stereocenters. The van der Waals surface area contributed by atoms with Crippen molar-refractivity contribution in [3.8, 4) is 5.75 Å². The van der Waals surface area contributed by atoms with Crippen LogP contribution < -0.4 is 9.88 Å². The molecule has 1 aliphatic rings. The summed E-state index contributed by atoms with van der Waals surface area (Å²) in [4.78, 5) is 14.5. The lowest BCUT2D eigenvalue weighted by Gasteiger charge is -2.32. The molecule has 24 heavy (non-hydrogen) atoms. The van der Waals surface area contributed by atoms with Crippen molar-refractivity contribution in [3.05, 3.63) is 40.0 Å². The minimum atomic E-state index is -4.04. The van der Waals surface area contributed by atoms with Gasteiger partial charge in [0.2, 0.25) is 0 Å². The van der Waals surface area contributed by atoms with Crippen molar-refractivity contribution >= 4 is 27.3 Å². The quantitative estimate of drug-likeness (QED) is 0.379. The smallest absolute Gasteiger partial charge is 0.299 e. The molecule has 130 valence electrons. The first-order chi connectivity index (χ1) is 11.0. The van der Waals surface area contributed by atoms with E-state index in [9.17, 15) is 18.5 Å². The maximum absolute atomic E-state index is 11.7. The van der Waals surface area contributed by atoms with Crippen LogP contribution in [0.2, 0.25) is 0 Å². The molecule has 9 nitrogen and oxygen atoms in total. The molecule has 2 rings (SSSR count). The second-order valence-corrected chi connectivity index (χ2v) is 7.34. The van der Waals surface area contributed by atoms with Gasteiger partial charge in [0.15, 0.2) is 0 Å². The number of rotatable bonds is 3. The molecule has 10 heteroatoms. The minimum absolute atomic E-state index is 0.0654. The molecule has 0 spiro atoms. The molecule has 0 bridgehead atoms. The minimum Gasteiger partial charge on any atom is -0.483 e. The van der Waals surface area contributed by atoms with E-state index in [1.165, 1.54) is 32.3 Å². The van der Waals surface area contributed by atoms with Gasteiger partial charge >= 0.3 is 0 Å². The van der Waals surface area contributed by atoms with Gasteiger partial charge in [0.1, 0.15) is 17.2 Å². The number of nitrogens with two attached hydrogens (primary N) is 1. The monoisotopic (exact) mass is 354 g/mol. The van der Waals surface area contributed by atoms with Gasteiger partial charge < -0.3 is 4.74 Å². The molecule has 0 unspecified atom stereocenters. The number of benzene rings is 1. The fourth-order valence-corrected chi connectivity index (χ4v) is 2.83. The van der Waals surface area contributed by atoms with Crippen LogP contribution >= 0.6 is 0 Å². The molecule has 0 saturated heterocycles. The number of hydrogen-bond donors (Lipinski definition) is 1. The van der Waals surface area contributed by atoms with Crippen molar-refractivity contribution in [2.45, 2.75) is 19.4 Å². The largest absolute Gasteiger partial charge is 0.483 e. The molecule has 2 N–H and O–H groups in total. The SMILES string of the molecule is CN=C(C1=CC(C)(C)Oc2ccc([N+](=O)[O-])cc21)N(C)S(N)(=O)=O. The molecule has 1 aromatic rings. The van der Waals surface area contributed by atoms with Crippen LogP contribution in [0.4, 0.5) is 5.69 Å². The molecule has 1 aromatic carbocycles. The van der Waals surface area contributed by atoms with E-state index in [1.54, 1.807) is 19.9 Å². The number of nitro benzene ring substituents is 1. The summed E-state index contributed by atoms with van der Waals surface area (Å²) in [6.45, 7) is 3.56. The van der Waals surface area contributed by atoms with Crippen LogP contribution in [0.5, 0.6) is 5.75 Å². The Bertz CT molecular complexity index is 858. The molecule has 1 heterocycles. The predicted molar refractivity (Wildman–Crippen MR) is 90.0 cm³/mol. The zero-order valence-electron chi connectivity index (χ0n) is 13.7. The van der Waals surface area contributed by atoms with E-state index in [1.807, 2.05) is 0 Å². The Morgan fingerprint density at radius 2 is 2.04 bits per heavy atom. The summed E-state index contributed by atoms with van der Waals surface area (Å²) in [6, 6.07) is 4.12. The molecule has 0 aromatic heterocycles. The number of non-ortho nitro benzene ring substituents is 1. The number of amidine groups is 1. The Kier molecular flexibility index (Phi) is 4.38. The fourth-order valence-electron chi connectivity index (χ4n) is 2.41. The molecule has 0 saturated carbocycles. The highest BCUT2D eigenvalue weighted by Crippen LogP contribution is 2.39. The third-order valence-electron chi connectivity index (χ3n) is 3.46. The Balaban J connectivity index is 2.70. The summed E-state index contributed by atoms with van der Waals surface area (Å²) < 4.78 is 30.0. The molecule has 1 aliphatic heterocycles. The van der Waals surface area contributed by atoms with Gasteiger partial charge in [-0.05, 0) is 26.0 Å². The zero-order valence-corrected chi connectivity index (χ0v) is 14.5. The second-order valence-electron chi connectivity index (χ2n) is 5.76. The first-order valence-electron chi connectivity index (χ1n) is 6.91. The van der Waals surface area contributed by atoms with E-state index >= 15 is 0 Å². The van der Waals surface area contributed by atoms with E-state index in [-0.39, 0.29) is 11.5 Å². The van der Waals surface area contributed by atoms with Crippen LogP contribution in [0.15, 0.2) is 29.3 Å². The maximum Gasteiger partial charge on any atom is 0.299 e.